The maximum absolute atomic E-state index is 15.0. The van der Waals surface area contributed by atoms with E-state index < -0.39 is 130 Å². The number of carbonyl (C=O) groups is 6. The highest BCUT2D eigenvalue weighted by molar-refractivity contribution is 7.46. The summed E-state index contributed by atoms with van der Waals surface area (Å²) in [6.45, 7) is 16.2. The Kier molecular flexibility index (Phi) is 75.7. The van der Waals surface area contributed by atoms with E-state index in [0.29, 0.717) is 63.7 Å². The van der Waals surface area contributed by atoms with E-state index in [9.17, 15) is 53.6 Å². The molecule has 2 unspecified atom stereocenters. The molecule has 2 aliphatic rings. The first-order valence-electron chi connectivity index (χ1n) is 52.6. The van der Waals surface area contributed by atoms with Crippen LogP contribution in [0.15, 0.2) is 0 Å². The zero-order valence-electron chi connectivity index (χ0n) is 81.2. The van der Waals surface area contributed by atoms with Crippen molar-refractivity contribution >= 4 is 43.5 Å². The lowest BCUT2D eigenvalue weighted by Crippen LogP contribution is -2.68. The minimum atomic E-state index is -5.51. The Labute approximate surface area is 762 Å². The quantitative estimate of drug-likeness (QED) is 0.0129. The molecule has 0 aliphatic carbocycles. The first kappa shape index (κ1) is 118. The standard InChI is InChI=1S/C102H193N2O20P/c1-9-13-17-21-25-29-31-33-35-43-53-61-69-77-93(110)122-99-95(103-89(106)79-85(73-65-57-49-39-27-23-19-15-11-3)118-91(108)75-67-59-51-45-37-41-47-55-63-71-83(5)6)101(113)120-88(97(99)112)82-117-102-96(100(98(87(81-105)121-102)124-125(114,115)116)123-94(111)78-70-62-54-44-36-34-32-30-26-22-18-14-10-2)104-90(107)80-86(74-66-58-50-40-28-24-20-16-12-4)119-92(109)76-68-60-52-46-38-42-48-56-64-72-84(7)8/h83-88,95-102,105,112-113H,9-82H2,1-8H3,(H,103,106)(H,104,107)(H2,114,115,116)/t85-,86-,87-,88?,95-,96-,97-,98-,99-,100-,101?,102-/m1/s1. The lowest BCUT2D eigenvalue weighted by atomic mass is 9.95. The van der Waals surface area contributed by atoms with Gasteiger partial charge < -0.3 is 68.9 Å². The van der Waals surface area contributed by atoms with Gasteiger partial charge in [-0.3, -0.25) is 33.3 Å². The highest BCUT2D eigenvalue weighted by Crippen LogP contribution is 2.43. The summed E-state index contributed by atoms with van der Waals surface area (Å²) in [4.78, 5) is 107. The Bertz CT molecular complexity index is 2620. The van der Waals surface area contributed by atoms with E-state index in [4.69, 9.17) is 37.7 Å². The second-order valence-corrected chi connectivity index (χ2v) is 39.5. The summed E-state index contributed by atoms with van der Waals surface area (Å²) in [5.74, 6) is -2.27. The molecule has 23 heteroatoms. The Hall–Kier alpha value is -3.31. The number of ether oxygens (including phenoxy) is 7. The van der Waals surface area contributed by atoms with E-state index in [1.807, 2.05) is 0 Å². The molecule has 0 saturated carbocycles. The fraction of sp³-hybridized carbons (Fsp3) is 0.941. The summed E-state index contributed by atoms with van der Waals surface area (Å²) in [7, 11) is -5.51. The topological polar surface area (TPSA) is 319 Å². The Balaban J connectivity index is 2.62. The number of amides is 2. The van der Waals surface area contributed by atoms with Gasteiger partial charge in [-0.05, 0) is 63.2 Å². The van der Waals surface area contributed by atoms with Gasteiger partial charge in [-0.2, -0.15) is 0 Å². The average Bonchev–Trinajstić information content (AvgIpc) is 0.867. The molecule has 2 aliphatic heterocycles. The van der Waals surface area contributed by atoms with Crippen molar-refractivity contribution in [2.45, 2.75) is 591 Å². The predicted molar refractivity (Wildman–Crippen MR) is 504 cm³/mol. The number of esters is 4. The molecule has 2 fully saturated rings. The van der Waals surface area contributed by atoms with Gasteiger partial charge >= 0.3 is 31.7 Å². The van der Waals surface area contributed by atoms with Crippen LogP contribution in [0.4, 0.5) is 0 Å². The third-order valence-electron chi connectivity index (χ3n) is 25.4. The van der Waals surface area contributed by atoms with Crippen LogP contribution in [0, 0.1) is 11.8 Å². The van der Waals surface area contributed by atoms with Crippen molar-refractivity contribution in [3.05, 3.63) is 0 Å². The van der Waals surface area contributed by atoms with Crippen LogP contribution in [0.3, 0.4) is 0 Å². The molecule has 0 aromatic heterocycles. The van der Waals surface area contributed by atoms with Gasteiger partial charge in [0.15, 0.2) is 24.8 Å². The molecule has 22 nitrogen and oxygen atoms in total. The molecule has 2 saturated heterocycles. The molecular formula is C102H193N2O20P. The normalized spacial score (nSPS) is 19.7. The zero-order valence-corrected chi connectivity index (χ0v) is 82.1. The van der Waals surface area contributed by atoms with E-state index in [1.165, 1.54) is 199 Å². The van der Waals surface area contributed by atoms with Gasteiger partial charge in [0.1, 0.15) is 48.7 Å². The van der Waals surface area contributed by atoms with Crippen LogP contribution in [0.2, 0.25) is 0 Å². The summed E-state index contributed by atoms with van der Waals surface area (Å²) >= 11 is 0. The lowest BCUT2D eigenvalue weighted by Gasteiger charge is -2.46. The van der Waals surface area contributed by atoms with Crippen LogP contribution in [-0.4, -0.2) is 148 Å². The van der Waals surface area contributed by atoms with Crippen LogP contribution in [0.1, 0.15) is 518 Å². The number of unbranched alkanes of at least 4 members (excludes halogenated alkanes) is 56. The molecule has 0 spiro atoms. The van der Waals surface area contributed by atoms with E-state index >= 15 is 4.79 Å². The van der Waals surface area contributed by atoms with Gasteiger partial charge in [-0.15, -0.1) is 0 Å². The molecule has 0 radical (unpaired) electrons. The zero-order chi connectivity index (χ0) is 91.4. The van der Waals surface area contributed by atoms with Gasteiger partial charge in [-0.1, -0.05) is 428 Å². The van der Waals surface area contributed by atoms with Gasteiger partial charge in [0.05, 0.1) is 26.1 Å². The molecule has 0 aromatic rings. The van der Waals surface area contributed by atoms with Gasteiger partial charge in [-0.25, -0.2) is 4.57 Å². The number of aliphatic hydroxyl groups excluding tert-OH is 3. The van der Waals surface area contributed by atoms with Crippen LogP contribution in [0.5, 0.6) is 0 Å². The van der Waals surface area contributed by atoms with Gasteiger partial charge in [0, 0.05) is 25.7 Å². The van der Waals surface area contributed by atoms with E-state index in [-0.39, 0.29) is 38.5 Å². The summed E-state index contributed by atoms with van der Waals surface area (Å²) < 4.78 is 62.0. The van der Waals surface area contributed by atoms with Crippen molar-refractivity contribution < 1.29 is 96.1 Å². The van der Waals surface area contributed by atoms with Crippen molar-refractivity contribution in [3.8, 4) is 0 Å². The van der Waals surface area contributed by atoms with Crippen molar-refractivity contribution in [2.75, 3.05) is 13.2 Å². The highest BCUT2D eigenvalue weighted by Gasteiger charge is 2.54. The predicted octanol–water partition coefficient (Wildman–Crippen LogP) is 25.4. The minimum absolute atomic E-state index is 0.0372. The fourth-order valence-electron chi connectivity index (χ4n) is 17.6. The van der Waals surface area contributed by atoms with Crippen molar-refractivity contribution in [1.82, 2.24) is 10.6 Å². The molecular weight excluding hydrogens is 1600 g/mol. The van der Waals surface area contributed by atoms with Crippen molar-refractivity contribution in [3.63, 3.8) is 0 Å². The highest BCUT2D eigenvalue weighted by atomic mass is 31.2. The Morgan fingerprint density at radius 3 is 0.904 bits per heavy atom. The van der Waals surface area contributed by atoms with Crippen LogP contribution < -0.4 is 10.6 Å². The molecule has 2 rings (SSSR count). The molecule has 0 aromatic carbocycles. The number of rotatable bonds is 88. The van der Waals surface area contributed by atoms with Crippen molar-refractivity contribution in [2.24, 2.45) is 11.8 Å². The molecule has 0 bridgehead atoms. The average molecular weight is 1800 g/mol. The first-order chi connectivity index (χ1) is 60.5. The number of nitrogens with one attached hydrogen (secondary N) is 2. The molecule has 125 heavy (non-hydrogen) atoms. The summed E-state index contributed by atoms with van der Waals surface area (Å²) in [6.07, 6.45) is 53.1. The second-order valence-electron chi connectivity index (χ2n) is 38.4. The number of hydrogen-bond acceptors (Lipinski definition) is 18. The lowest BCUT2D eigenvalue weighted by molar-refractivity contribution is -0.298. The first-order valence-corrected chi connectivity index (χ1v) is 54.1. The van der Waals surface area contributed by atoms with Crippen LogP contribution in [0.25, 0.3) is 0 Å². The molecule has 736 valence electrons. The van der Waals surface area contributed by atoms with Crippen molar-refractivity contribution in [1.29, 1.82) is 0 Å². The van der Waals surface area contributed by atoms with Gasteiger partial charge in [0.25, 0.3) is 0 Å². The minimum Gasteiger partial charge on any atom is -0.462 e. The fourth-order valence-corrected chi connectivity index (χ4v) is 18.2. The summed E-state index contributed by atoms with van der Waals surface area (Å²) in [6, 6.07) is -3.24. The largest absolute Gasteiger partial charge is 0.470 e. The molecule has 7 N–H and O–H groups in total. The maximum atomic E-state index is 15.0. The number of carbonyl (C=O) groups excluding carboxylic acids is 6. The van der Waals surface area contributed by atoms with Gasteiger partial charge in [0.2, 0.25) is 11.8 Å². The third kappa shape index (κ3) is 65.8. The molecule has 2 amide bonds. The van der Waals surface area contributed by atoms with E-state index in [0.717, 1.165) is 173 Å². The number of hydrogen-bond donors (Lipinski definition) is 7. The summed E-state index contributed by atoms with van der Waals surface area (Å²) in [5, 5.41) is 41.6. The number of phosphoric ester groups is 1. The Morgan fingerprint density at radius 1 is 0.336 bits per heavy atom. The van der Waals surface area contributed by atoms with E-state index in [1.54, 1.807) is 0 Å². The van der Waals surface area contributed by atoms with Crippen LogP contribution in [-0.2, 0) is 71.0 Å². The second kappa shape index (κ2) is 80.4. The third-order valence-corrected chi connectivity index (χ3v) is 25.9. The Morgan fingerprint density at radius 2 is 0.608 bits per heavy atom. The van der Waals surface area contributed by atoms with Crippen LogP contribution >= 0.6 is 7.82 Å². The monoisotopic (exact) mass is 1800 g/mol. The number of phosphoric acid groups is 1. The number of aliphatic hydroxyl groups is 3. The summed E-state index contributed by atoms with van der Waals surface area (Å²) in [5.41, 5.74) is 0. The smallest absolute Gasteiger partial charge is 0.462 e. The molecule has 12 atom stereocenters. The molecule has 2 heterocycles. The maximum Gasteiger partial charge on any atom is 0.470 e. The SMILES string of the molecule is CCCCCCCCCCCCCCCC(=O)O[C@@H]1[C@@H](NC(=O)C[C@@H](CCCCCCCCCCC)OC(=O)CCCCCCCCCCCC(C)C)[C@H](OCC2OC(O)[C@H](NC(=O)C[C@@H](CCCCCCCCCCC)OC(=O)CCCCCCCCCCCC(C)C)[C@@H](OC(=O)CCCCCCCCCCCCCCC)[C@@H]2O)O[C@H](CO)[C@H]1OP(=O)(O)O. The van der Waals surface area contributed by atoms with E-state index in [2.05, 4.69) is 66.0 Å².